The van der Waals surface area contributed by atoms with Crippen LogP contribution in [0.25, 0.3) is 11.3 Å². The molecular weight excluding hydrogens is 328 g/mol. The highest BCUT2D eigenvalue weighted by Crippen LogP contribution is 2.55. The van der Waals surface area contributed by atoms with E-state index in [1.165, 1.54) is 12.8 Å². The molecule has 3 N–H and O–H groups in total. The molecule has 1 aromatic carbocycles. The number of anilines is 2. The second kappa shape index (κ2) is 6.43. The first kappa shape index (κ1) is 17.1. The minimum Gasteiger partial charge on any atom is -0.506 e. The Morgan fingerprint density at radius 2 is 2.04 bits per heavy atom. The van der Waals surface area contributed by atoms with E-state index in [-0.39, 0.29) is 5.41 Å². The van der Waals surface area contributed by atoms with Gasteiger partial charge < -0.3 is 20.5 Å². The van der Waals surface area contributed by atoms with E-state index < -0.39 is 0 Å². The normalized spacial score (nSPS) is 17.2. The smallest absolute Gasteiger partial charge is 0.139 e. The number of benzene rings is 1. The number of rotatable bonds is 4. The Bertz CT molecular complexity index is 831. The molecule has 1 spiro atoms. The zero-order valence-corrected chi connectivity index (χ0v) is 15.5. The highest BCUT2D eigenvalue weighted by Gasteiger charge is 2.44. The van der Waals surface area contributed by atoms with Gasteiger partial charge in [0.05, 0.1) is 18.0 Å². The first-order chi connectivity index (χ1) is 12.6. The minimum absolute atomic E-state index is 0.0156. The second-order valence-electron chi connectivity index (χ2n) is 7.52. The van der Waals surface area contributed by atoms with Crippen LogP contribution in [0.4, 0.5) is 11.5 Å². The number of phenolic OH excluding ortho intramolecular Hbond substituents is 1. The summed E-state index contributed by atoms with van der Waals surface area (Å²) in [6.07, 6.45) is 6.98. The van der Waals surface area contributed by atoms with Crippen molar-refractivity contribution in [2.45, 2.75) is 37.5 Å². The standard InChI is InChI=1S/C20H26N4O2/c1-24(9-10-26-2)18-14-11-20(7-3-4-8-20)16-17(22-12-23-19(16)21)13(14)5-6-15(18)25/h5-6,12,25H,3-4,7-11H2,1-2H3,(H2,21,22,23). The number of nitrogens with two attached hydrogens (primary N) is 1. The summed E-state index contributed by atoms with van der Waals surface area (Å²) in [7, 11) is 3.69. The van der Waals surface area contributed by atoms with Gasteiger partial charge in [-0.15, -0.1) is 0 Å². The molecule has 0 amide bonds. The summed E-state index contributed by atoms with van der Waals surface area (Å²) in [4.78, 5) is 11.0. The van der Waals surface area contributed by atoms with Crippen LogP contribution in [-0.4, -0.2) is 42.4 Å². The van der Waals surface area contributed by atoms with Crippen LogP contribution in [0.5, 0.6) is 5.75 Å². The van der Waals surface area contributed by atoms with Gasteiger partial charge in [0.1, 0.15) is 17.9 Å². The molecule has 1 fully saturated rings. The van der Waals surface area contributed by atoms with Crippen molar-refractivity contribution >= 4 is 11.5 Å². The van der Waals surface area contributed by atoms with E-state index in [0.717, 1.165) is 47.3 Å². The molecule has 2 aromatic rings. The summed E-state index contributed by atoms with van der Waals surface area (Å²) >= 11 is 0. The predicted molar refractivity (Wildman–Crippen MR) is 103 cm³/mol. The molecule has 0 bridgehead atoms. The summed E-state index contributed by atoms with van der Waals surface area (Å²) in [5.74, 6) is 0.908. The van der Waals surface area contributed by atoms with Gasteiger partial charge in [-0.05, 0) is 37.0 Å². The van der Waals surface area contributed by atoms with Crippen LogP contribution in [0.1, 0.15) is 36.8 Å². The Labute approximate surface area is 154 Å². The van der Waals surface area contributed by atoms with Crippen molar-refractivity contribution < 1.29 is 9.84 Å². The van der Waals surface area contributed by atoms with Crippen molar-refractivity contribution in [3.8, 4) is 17.0 Å². The zero-order valence-electron chi connectivity index (χ0n) is 15.5. The van der Waals surface area contributed by atoms with E-state index >= 15 is 0 Å². The number of methoxy groups -OCH3 is 1. The van der Waals surface area contributed by atoms with Gasteiger partial charge in [-0.1, -0.05) is 12.8 Å². The Balaban J connectivity index is 1.92. The Hall–Kier alpha value is -2.34. The van der Waals surface area contributed by atoms with Crippen LogP contribution < -0.4 is 10.6 Å². The third kappa shape index (κ3) is 2.51. The van der Waals surface area contributed by atoms with Gasteiger partial charge in [-0.2, -0.15) is 0 Å². The summed E-state index contributed by atoms with van der Waals surface area (Å²) < 4.78 is 5.22. The molecule has 6 nitrogen and oxygen atoms in total. The van der Waals surface area contributed by atoms with Gasteiger partial charge in [0.15, 0.2) is 0 Å². The maximum atomic E-state index is 10.6. The van der Waals surface area contributed by atoms with Crippen molar-refractivity contribution in [1.29, 1.82) is 0 Å². The number of nitrogens with zero attached hydrogens (tertiary/aromatic N) is 3. The molecule has 138 valence electrons. The van der Waals surface area contributed by atoms with Crippen LogP contribution >= 0.6 is 0 Å². The molecule has 0 aliphatic heterocycles. The molecule has 2 aliphatic rings. The van der Waals surface area contributed by atoms with Crippen LogP contribution in [0, 0.1) is 0 Å². The molecule has 4 rings (SSSR count). The lowest BCUT2D eigenvalue weighted by Crippen LogP contribution is -2.33. The maximum absolute atomic E-state index is 10.6. The fourth-order valence-corrected chi connectivity index (χ4v) is 4.82. The van der Waals surface area contributed by atoms with Crippen LogP contribution in [0.3, 0.4) is 0 Å². The van der Waals surface area contributed by atoms with Crippen molar-refractivity contribution in [3.63, 3.8) is 0 Å². The number of ether oxygens (including phenoxy) is 1. The summed E-state index contributed by atoms with van der Waals surface area (Å²) in [5.41, 5.74) is 11.5. The summed E-state index contributed by atoms with van der Waals surface area (Å²) in [5, 5.41) is 10.6. The van der Waals surface area contributed by atoms with E-state index in [2.05, 4.69) is 14.9 Å². The third-order valence-electron chi connectivity index (χ3n) is 6.01. The van der Waals surface area contributed by atoms with Gasteiger partial charge in [-0.3, -0.25) is 0 Å². The van der Waals surface area contributed by atoms with Gasteiger partial charge >= 0.3 is 0 Å². The lowest BCUT2D eigenvalue weighted by atomic mass is 9.67. The number of aromatic hydroxyl groups is 1. The predicted octanol–water partition coefficient (Wildman–Crippen LogP) is 2.88. The molecule has 6 heteroatoms. The summed E-state index contributed by atoms with van der Waals surface area (Å²) in [6.45, 7) is 1.32. The Morgan fingerprint density at radius 3 is 2.77 bits per heavy atom. The molecule has 0 unspecified atom stereocenters. The second-order valence-corrected chi connectivity index (χ2v) is 7.52. The number of hydrogen-bond donors (Lipinski definition) is 2. The Morgan fingerprint density at radius 1 is 1.27 bits per heavy atom. The van der Waals surface area contributed by atoms with Gasteiger partial charge in [0, 0.05) is 37.2 Å². The van der Waals surface area contributed by atoms with E-state index in [1.807, 2.05) is 13.1 Å². The van der Waals surface area contributed by atoms with Crippen LogP contribution in [0.2, 0.25) is 0 Å². The molecule has 1 saturated carbocycles. The zero-order chi connectivity index (χ0) is 18.3. The van der Waals surface area contributed by atoms with Crippen molar-refractivity contribution in [3.05, 3.63) is 29.6 Å². The summed E-state index contributed by atoms with van der Waals surface area (Å²) in [6, 6.07) is 3.72. The molecule has 2 aliphatic carbocycles. The van der Waals surface area contributed by atoms with Crippen LogP contribution in [-0.2, 0) is 16.6 Å². The van der Waals surface area contributed by atoms with Crippen molar-refractivity contribution in [1.82, 2.24) is 9.97 Å². The van der Waals surface area contributed by atoms with Crippen LogP contribution in [0.15, 0.2) is 18.5 Å². The monoisotopic (exact) mass is 354 g/mol. The van der Waals surface area contributed by atoms with Gasteiger partial charge in [-0.25, -0.2) is 9.97 Å². The first-order valence-electron chi connectivity index (χ1n) is 9.23. The third-order valence-corrected chi connectivity index (χ3v) is 6.01. The number of aromatic nitrogens is 2. The molecule has 1 heterocycles. The molecule has 1 aromatic heterocycles. The highest BCUT2D eigenvalue weighted by atomic mass is 16.5. The van der Waals surface area contributed by atoms with E-state index in [1.54, 1.807) is 19.5 Å². The number of hydrogen-bond acceptors (Lipinski definition) is 6. The highest BCUT2D eigenvalue weighted by molar-refractivity contribution is 5.83. The molecule has 26 heavy (non-hydrogen) atoms. The largest absolute Gasteiger partial charge is 0.506 e. The Kier molecular flexibility index (Phi) is 4.23. The number of nitrogen functional groups attached to an aromatic ring is 1. The van der Waals surface area contributed by atoms with Crippen molar-refractivity contribution in [2.24, 2.45) is 0 Å². The topological polar surface area (TPSA) is 84.5 Å². The van der Waals surface area contributed by atoms with E-state index in [4.69, 9.17) is 10.5 Å². The van der Waals surface area contributed by atoms with Crippen molar-refractivity contribution in [2.75, 3.05) is 37.9 Å². The number of phenols is 1. The van der Waals surface area contributed by atoms with Gasteiger partial charge in [0.25, 0.3) is 0 Å². The average molecular weight is 354 g/mol. The quantitative estimate of drug-likeness (QED) is 0.878. The minimum atomic E-state index is -0.0156. The molecular formula is C20H26N4O2. The number of fused-ring (bicyclic) bond motifs is 4. The van der Waals surface area contributed by atoms with E-state index in [0.29, 0.717) is 24.7 Å². The number of likely N-dealkylation sites (N-methyl/N-ethyl adjacent to an activating group) is 1. The fourth-order valence-electron chi connectivity index (χ4n) is 4.82. The lowest BCUT2D eigenvalue weighted by molar-refractivity contribution is 0.206. The average Bonchev–Trinajstić information content (AvgIpc) is 3.08. The lowest BCUT2D eigenvalue weighted by Gasteiger charge is -2.39. The fraction of sp³-hybridized carbons (Fsp3) is 0.500. The molecule has 0 atom stereocenters. The SMILES string of the molecule is COCCN(C)c1c(O)ccc2c1CC1(CCCC1)c1c(N)ncnc1-2. The van der Waals surface area contributed by atoms with E-state index in [9.17, 15) is 5.11 Å². The first-order valence-corrected chi connectivity index (χ1v) is 9.23. The molecule has 0 radical (unpaired) electrons. The molecule has 0 saturated heterocycles. The van der Waals surface area contributed by atoms with Gasteiger partial charge in [0.2, 0.25) is 0 Å². The maximum Gasteiger partial charge on any atom is 0.139 e.